The van der Waals surface area contributed by atoms with E-state index in [0.717, 1.165) is 28.0 Å². The summed E-state index contributed by atoms with van der Waals surface area (Å²) in [4.78, 5) is 2.69. The van der Waals surface area contributed by atoms with Crippen molar-refractivity contribution in [2.45, 2.75) is 58.2 Å². The van der Waals surface area contributed by atoms with Crippen molar-refractivity contribution >= 4 is 17.2 Å². The summed E-state index contributed by atoms with van der Waals surface area (Å²) in [5.41, 5.74) is 4.56. The quantitative estimate of drug-likeness (QED) is 0.527. The van der Waals surface area contributed by atoms with Gasteiger partial charge in [0.05, 0.1) is 6.04 Å². The maximum Gasteiger partial charge on any atom is 0.163 e. The SMILES string of the molecule is Cc1cc([C@@H]2C=C[C@H](C3CC3)N2C(C)(C)c2ccc(Cl)cc2)cn2c(C)nnc12. The molecule has 4 nitrogen and oxygen atoms in total. The molecular formula is C24H27ClN4. The minimum Gasteiger partial charge on any atom is -0.286 e. The fourth-order valence-corrected chi connectivity index (χ4v) is 4.99. The zero-order valence-electron chi connectivity index (χ0n) is 17.4. The van der Waals surface area contributed by atoms with Crippen LogP contribution in [0.5, 0.6) is 0 Å². The molecule has 0 saturated heterocycles. The zero-order chi connectivity index (χ0) is 20.3. The Kier molecular flexibility index (Phi) is 4.34. The van der Waals surface area contributed by atoms with E-state index in [1.54, 1.807) is 0 Å². The molecule has 0 N–H and O–H groups in total. The van der Waals surface area contributed by atoms with Gasteiger partial charge >= 0.3 is 0 Å². The summed E-state index contributed by atoms with van der Waals surface area (Å²) < 4.78 is 2.12. The highest BCUT2D eigenvalue weighted by Crippen LogP contribution is 2.49. The molecule has 1 saturated carbocycles. The number of aromatic nitrogens is 3. The Morgan fingerprint density at radius 2 is 1.76 bits per heavy atom. The number of rotatable bonds is 4. The first-order valence-electron chi connectivity index (χ1n) is 10.4. The van der Waals surface area contributed by atoms with Gasteiger partial charge in [0.1, 0.15) is 5.82 Å². The van der Waals surface area contributed by atoms with Crippen LogP contribution in [0.2, 0.25) is 5.02 Å². The zero-order valence-corrected chi connectivity index (χ0v) is 18.2. The molecule has 0 spiro atoms. The average molecular weight is 407 g/mol. The second-order valence-corrected chi connectivity index (χ2v) is 9.46. The van der Waals surface area contributed by atoms with Crippen LogP contribution in [0.15, 0.2) is 48.7 Å². The van der Waals surface area contributed by atoms with Crippen LogP contribution in [0.4, 0.5) is 0 Å². The molecule has 3 heterocycles. The number of nitrogens with zero attached hydrogens (tertiary/aromatic N) is 4. The van der Waals surface area contributed by atoms with Crippen LogP contribution in [0.1, 0.15) is 55.2 Å². The fourth-order valence-electron chi connectivity index (χ4n) is 4.87. The predicted octanol–water partition coefficient (Wildman–Crippen LogP) is 5.63. The lowest BCUT2D eigenvalue weighted by Crippen LogP contribution is -2.47. The highest BCUT2D eigenvalue weighted by atomic mass is 35.5. The van der Waals surface area contributed by atoms with Crippen molar-refractivity contribution in [3.63, 3.8) is 0 Å². The summed E-state index contributed by atoms with van der Waals surface area (Å²) in [6, 6.07) is 11.3. The van der Waals surface area contributed by atoms with Gasteiger partial charge in [-0.05, 0) is 81.3 Å². The molecule has 0 unspecified atom stereocenters. The van der Waals surface area contributed by atoms with Crippen LogP contribution in [0, 0.1) is 19.8 Å². The van der Waals surface area contributed by atoms with E-state index in [0.29, 0.717) is 6.04 Å². The molecule has 1 aromatic carbocycles. The Hall–Kier alpha value is -2.17. The third kappa shape index (κ3) is 3.10. The van der Waals surface area contributed by atoms with Gasteiger partial charge in [0.15, 0.2) is 5.65 Å². The van der Waals surface area contributed by atoms with E-state index in [-0.39, 0.29) is 11.6 Å². The van der Waals surface area contributed by atoms with Crippen molar-refractivity contribution in [2.24, 2.45) is 5.92 Å². The molecule has 0 bridgehead atoms. The molecule has 3 aromatic rings. The van der Waals surface area contributed by atoms with Gasteiger partial charge < -0.3 is 0 Å². The molecule has 1 aliphatic heterocycles. The van der Waals surface area contributed by atoms with Gasteiger partial charge in [0.25, 0.3) is 0 Å². The minimum absolute atomic E-state index is 0.128. The molecule has 29 heavy (non-hydrogen) atoms. The fraction of sp³-hybridized carbons (Fsp3) is 0.417. The molecule has 5 heteroatoms. The first-order valence-corrected chi connectivity index (χ1v) is 10.8. The van der Waals surface area contributed by atoms with Gasteiger partial charge in [-0.1, -0.05) is 35.9 Å². The van der Waals surface area contributed by atoms with E-state index in [4.69, 9.17) is 11.6 Å². The van der Waals surface area contributed by atoms with Crippen molar-refractivity contribution in [3.05, 3.63) is 76.2 Å². The number of hydrogen-bond acceptors (Lipinski definition) is 3. The molecule has 2 aliphatic rings. The van der Waals surface area contributed by atoms with E-state index in [9.17, 15) is 0 Å². The van der Waals surface area contributed by atoms with Crippen molar-refractivity contribution in [3.8, 4) is 0 Å². The first kappa shape index (κ1) is 18.8. The van der Waals surface area contributed by atoms with Crippen molar-refractivity contribution in [1.29, 1.82) is 0 Å². The lowest BCUT2D eigenvalue weighted by Gasteiger charge is -2.44. The summed E-state index contributed by atoms with van der Waals surface area (Å²) in [5, 5.41) is 9.38. The van der Waals surface area contributed by atoms with Crippen LogP contribution in [0.25, 0.3) is 5.65 Å². The molecule has 0 radical (unpaired) electrons. The number of hydrogen-bond donors (Lipinski definition) is 0. The van der Waals surface area contributed by atoms with E-state index in [1.165, 1.54) is 24.0 Å². The summed E-state index contributed by atoms with van der Waals surface area (Å²) in [5.74, 6) is 1.68. The lowest BCUT2D eigenvalue weighted by molar-refractivity contribution is 0.0611. The molecule has 1 aliphatic carbocycles. The minimum atomic E-state index is -0.128. The van der Waals surface area contributed by atoms with Crippen LogP contribution >= 0.6 is 11.6 Å². The maximum atomic E-state index is 6.17. The summed E-state index contributed by atoms with van der Waals surface area (Å²) in [6.07, 6.45) is 9.67. The Morgan fingerprint density at radius 1 is 1.03 bits per heavy atom. The van der Waals surface area contributed by atoms with Gasteiger partial charge in [0.2, 0.25) is 0 Å². The molecular weight excluding hydrogens is 380 g/mol. The molecule has 150 valence electrons. The van der Waals surface area contributed by atoms with Gasteiger partial charge in [0, 0.05) is 22.8 Å². The van der Waals surface area contributed by atoms with E-state index in [1.807, 2.05) is 19.1 Å². The Balaban J connectivity index is 1.61. The second-order valence-electron chi connectivity index (χ2n) is 9.03. The number of aryl methyl sites for hydroxylation is 2. The van der Waals surface area contributed by atoms with Gasteiger partial charge in [-0.2, -0.15) is 0 Å². The normalized spacial score (nSPS) is 22.7. The van der Waals surface area contributed by atoms with Crippen LogP contribution < -0.4 is 0 Å². The topological polar surface area (TPSA) is 33.4 Å². The van der Waals surface area contributed by atoms with E-state index >= 15 is 0 Å². The highest BCUT2D eigenvalue weighted by molar-refractivity contribution is 6.30. The number of benzene rings is 1. The molecule has 0 amide bonds. The Bertz CT molecular complexity index is 1090. The van der Waals surface area contributed by atoms with Crippen molar-refractivity contribution < 1.29 is 0 Å². The number of fused-ring (bicyclic) bond motifs is 1. The largest absolute Gasteiger partial charge is 0.286 e. The molecule has 1 fully saturated rings. The summed E-state index contributed by atoms with van der Waals surface area (Å²) in [6.45, 7) is 8.80. The summed E-state index contributed by atoms with van der Waals surface area (Å²) >= 11 is 6.17. The lowest BCUT2D eigenvalue weighted by atomic mass is 9.88. The van der Waals surface area contributed by atoms with Crippen molar-refractivity contribution in [2.75, 3.05) is 0 Å². The maximum absolute atomic E-state index is 6.17. The second kappa shape index (κ2) is 6.68. The summed E-state index contributed by atoms with van der Waals surface area (Å²) in [7, 11) is 0. The third-order valence-corrected chi connectivity index (χ3v) is 6.89. The van der Waals surface area contributed by atoms with Gasteiger partial charge in [-0.15, -0.1) is 10.2 Å². The van der Waals surface area contributed by atoms with E-state index in [2.05, 4.69) is 76.8 Å². The molecule has 2 atom stereocenters. The van der Waals surface area contributed by atoms with Crippen LogP contribution in [-0.4, -0.2) is 25.5 Å². The van der Waals surface area contributed by atoms with Gasteiger partial charge in [-0.25, -0.2) is 0 Å². The van der Waals surface area contributed by atoms with E-state index < -0.39 is 0 Å². The number of halogens is 1. The third-order valence-electron chi connectivity index (χ3n) is 6.63. The molecule has 2 aromatic heterocycles. The van der Waals surface area contributed by atoms with Crippen LogP contribution in [-0.2, 0) is 5.54 Å². The first-order chi connectivity index (χ1) is 13.9. The highest BCUT2D eigenvalue weighted by Gasteiger charge is 2.46. The Labute approximate surface area is 177 Å². The Morgan fingerprint density at radius 3 is 2.45 bits per heavy atom. The predicted molar refractivity (Wildman–Crippen MR) is 117 cm³/mol. The van der Waals surface area contributed by atoms with Crippen LogP contribution in [0.3, 0.4) is 0 Å². The smallest absolute Gasteiger partial charge is 0.163 e. The monoisotopic (exact) mass is 406 g/mol. The molecule has 5 rings (SSSR count). The standard InChI is InChI=1S/C24H27ClN4/c1-15-13-18(14-28-16(2)26-27-23(15)28)22-12-11-21(17-5-6-17)29(22)24(3,4)19-7-9-20(25)10-8-19/h7-14,17,21-22H,5-6H2,1-4H3/t21-,22+/m1/s1. The van der Waals surface area contributed by atoms with Gasteiger partial charge in [-0.3, -0.25) is 9.30 Å². The van der Waals surface area contributed by atoms with Crippen molar-refractivity contribution in [1.82, 2.24) is 19.5 Å². The average Bonchev–Trinajstić information content (AvgIpc) is 3.32. The number of pyridine rings is 1.